The molecule has 16 heavy (non-hydrogen) atoms. The minimum atomic E-state index is 0.890. The molecule has 90 valence electrons. The molecule has 1 aromatic heterocycles. The first kappa shape index (κ1) is 11.7. The monoisotopic (exact) mass is 223 g/mol. The summed E-state index contributed by atoms with van der Waals surface area (Å²) in [4.78, 5) is 2.47. The van der Waals surface area contributed by atoms with Gasteiger partial charge in [0.2, 0.25) is 0 Å². The van der Waals surface area contributed by atoms with Crippen molar-refractivity contribution in [2.24, 2.45) is 0 Å². The van der Waals surface area contributed by atoms with Crippen LogP contribution < -0.4 is 0 Å². The third-order valence-electron chi connectivity index (χ3n) is 3.07. The second kappa shape index (κ2) is 6.06. The first-order valence-electron chi connectivity index (χ1n) is 6.26. The Morgan fingerprint density at radius 3 is 2.62 bits per heavy atom. The molecule has 0 saturated carbocycles. The maximum absolute atomic E-state index is 5.68. The molecular formula is C13H21NO2. The molecule has 0 atom stereocenters. The number of hydrogen-bond donors (Lipinski definition) is 0. The van der Waals surface area contributed by atoms with Gasteiger partial charge in [0, 0.05) is 25.9 Å². The van der Waals surface area contributed by atoms with Gasteiger partial charge in [0.05, 0.1) is 13.2 Å². The molecule has 0 aliphatic carbocycles. The van der Waals surface area contributed by atoms with Crippen molar-refractivity contribution in [1.29, 1.82) is 0 Å². The molecule has 1 fully saturated rings. The highest BCUT2D eigenvalue weighted by atomic mass is 16.5. The fraction of sp³-hybridized carbons (Fsp3) is 0.692. The lowest BCUT2D eigenvalue weighted by atomic mass is 10.2. The van der Waals surface area contributed by atoms with Crippen molar-refractivity contribution in [2.75, 3.05) is 32.8 Å². The van der Waals surface area contributed by atoms with Gasteiger partial charge in [-0.05, 0) is 25.1 Å². The average molecular weight is 223 g/mol. The second-order valence-corrected chi connectivity index (χ2v) is 4.28. The van der Waals surface area contributed by atoms with Crippen LogP contribution in [0, 0.1) is 0 Å². The molecule has 0 radical (unpaired) electrons. The minimum Gasteiger partial charge on any atom is -0.466 e. The Kier molecular flexibility index (Phi) is 4.43. The van der Waals surface area contributed by atoms with Crippen LogP contribution in [0.1, 0.15) is 24.9 Å². The molecule has 2 heterocycles. The number of morpholine rings is 1. The Hall–Kier alpha value is -0.800. The third-order valence-corrected chi connectivity index (χ3v) is 3.07. The molecular weight excluding hydrogens is 202 g/mol. The van der Waals surface area contributed by atoms with E-state index >= 15 is 0 Å². The van der Waals surface area contributed by atoms with Crippen molar-refractivity contribution < 1.29 is 9.15 Å². The van der Waals surface area contributed by atoms with Crippen molar-refractivity contribution in [1.82, 2.24) is 4.90 Å². The van der Waals surface area contributed by atoms with Gasteiger partial charge in [-0.1, -0.05) is 6.92 Å². The highest BCUT2D eigenvalue weighted by Crippen LogP contribution is 2.11. The summed E-state index contributed by atoms with van der Waals surface area (Å²) in [6.07, 6.45) is 3.22. The average Bonchev–Trinajstić information content (AvgIpc) is 2.78. The number of furan rings is 1. The molecule has 1 aliphatic rings. The van der Waals surface area contributed by atoms with Crippen LogP contribution >= 0.6 is 0 Å². The molecule has 0 N–H and O–H groups in total. The summed E-state index contributed by atoms with van der Waals surface area (Å²) in [5.41, 5.74) is 0. The van der Waals surface area contributed by atoms with Crippen LogP contribution in [0.4, 0.5) is 0 Å². The number of hydrogen-bond acceptors (Lipinski definition) is 3. The lowest BCUT2D eigenvalue weighted by Gasteiger charge is -2.26. The first-order chi connectivity index (χ1) is 7.88. The lowest BCUT2D eigenvalue weighted by Crippen LogP contribution is -2.36. The number of nitrogens with zero attached hydrogens (tertiary/aromatic N) is 1. The Labute approximate surface area is 97.4 Å². The highest BCUT2D eigenvalue weighted by Gasteiger charge is 2.09. The van der Waals surface area contributed by atoms with Crippen LogP contribution in [0.3, 0.4) is 0 Å². The van der Waals surface area contributed by atoms with Gasteiger partial charge in [-0.2, -0.15) is 0 Å². The fourth-order valence-electron chi connectivity index (χ4n) is 2.05. The van der Waals surface area contributed by atoms with Crippen LogP contribution in [0.25, 0.3) is 0 Å². The molecule has 1 aromatic rings. The Balaban J connectivity index is 1.66. The van der Waals surface area contributed by atoms with Gasteiger partial charge in [0.15, 0.2) is 0 Å². The first-order valence-corrected chi connectivity index (χ1v) is 6.26. The zero-order valence-corrected chi connectivity index (χ0v) is 10.1. The summed E-state index contributed by atoms with van der Waals surface area (Å²) in [5, 5.41) is 0. The quantitative estimate of drug-likeness (QED) is 0.764. The van der Waals surface area contributed by atoms with Gasteiger partial charge in [0.25, 0.3) is 0 Å². The van der Waals surface area contributed by atoms with Gasteiger partial charge in [-0.15, -0.1) is 0 Å². The fourth-order valence-corrected chi connectivity index (χ4v) is 2.05. The zero-order chi connectivity index (χ0) is 11.2. The maximum atomic E-state index is 5.68. The molecule has 0 spiro atoms. The van der Waals surface area contributed by atoms with Crippen LogP contribution in [0.5, 0.6) is 0 Å². The van der Waals surface area contributed by atoms with Gasteiger partial charge in [0.1, 0.15) is 11.5 Å². The predicted molar refractivity (Wildman–Crippen MR) is 63.7 cm³/mol. The summed E-state index contributed by atoms with van der Waals surface area (Å²) in [5.74, 6) is 2.23. The van der Waals surface area contributed by atoms with Crippen molar-refractivity contribution >= 4 is 0 Å². The smallest absolute Gasteiger partial charge is 0.104 e. The molecule has 3 nitrogen and oxygen atoms in total. The zero-order valence-electron chi connectivity index (χ0n) is 10.1. The van der Waals surface area contributed by atoms with E-state index in [0.717, 1.165) is 57.2 Å². The molecule has 0 bridgehead atoms. The van der Waals surface area contributed by atoms with Crippen LogP contribution in [-0.4, -0.2) is 37.7 Å². The van der Waals surface area contributed by atoms with Crippen molar-refractivity contribution in [3.63, 3.8) is 0 Å². The number of aryl methyl sites for hydroxylation is 2. The molecule has 1 aliphatic heterocycles. The number of rotatable bonds is 5. The van der Waals surface area contributed by atoms with Crippen molar-refractivity contribution in [3.05, 3.63) is 23.7 Å². The van der Waals surface area contributed by atoms with Crippen molar-refractivity contribution in [2.45, 2.75) is 26.2 Å². The summed E-state index contributed by atoms with van der Waals surface area (Å²) < 4.78 is 11.0. The number of ether oxygens (including phenoxy) is 1. The molecule has 0 unspecified atom stereocenters. The van der Waals surface area contributed by atoms with E-state index in [1.807, 2.05) is 0 Å². The molecule has 1 saturated heterocycles. The van der Waals surface area contributed by atoms with E-state index in [2.05, 4.69) is 24.0 Å². The van der Waals surface area contributed by atoms with Gasteiger partial charge >= 0.3 is 0 Å². The van der Waals surface area contributed by atoms with E-state index in [0.29, 0.717) is 0 Å². The van der Waals surface area contributed by atoms with Gasteiger partial charge in [-0.3, -0.25) is 4.90 Å². The van der Waals surface area contributed by atoms with Gasteiger partial charge in [-0.25, -0.2) is 0 Å². The summed E-state index contributed by atoms with van der Waals surface area (Å²) in [7, 11) is 0. The second-order valence-electron chi connectivity index (χ2n) is 4.28. The van der Waals surface area contributed by atoms with Gasteiger partial charge < -0.3 is 9.15 Å². The molecule has 3 heteroatoms. The van der Waals surface area contributed by atoms with Crippen LogP contribution in [0.2, 0.25) is 0 Å². The summed E-state index contributed by atoms with van der Waals surface area (Å²) in [6, 6.07) is 4.20. The maximum Gasteiger partial charge on any atom is 0.104 e. The predicted octanol–water partition coefficient (Wildman–Crippen LogP) is 2.11. The van der Waals surface area contributed by atoms with Crippen molar-refractivity contribution in [3.8, 4) is 0 Å². The molecule has 2 rings (SSSR count). The summed E-state index contributed by atoms with van der Waals surface area (Å²) >= 11 is 0. The van der Waals surface area contributed by atoms with E-state index < -0.39 is 0 Å². The normalized spacial score (nSPS) is 17.8. The van der Waals surface area contributed by atoms with E-state index in [9.17, 15) is 0 Å². The standard InChI is InChI=1S/C13H21NO2/c1-2-12-5-6-13(16-12)4-3-7-14-8-10-15-11-9-14/h5-6H,2-4,7-11H2,1H3. The Morgan fingerprint density at radius 2 is 1.94 bits per heavy atom. The van der Waals surface area contributed by atoms with Crippen LogP contribution in [-0.2, 0) is 17.6 Å². The lowest BCUT2D eigenvalue weighted by molar-refractivity contribution is 0.0373. The third kappa shape index (κ3) is 3.35. The van der Waals surface area contributed by atoms with E-state index in [-0.39, 0.29) is 0 Å². The van der Waals surface area contributed by atoms with E-state index in [1.54, 1.807) is 0 Å². The van der Waals surface area contributed by atoms with E-state index in [1.165, 1.54) is 6.42 Å². The topological polar surface area (TPSA) is 25.6 Å². The molecule has 0 aromatic carbocycles. The largest absolute Gasteiger partial charge is 0.466 e. The Bertz CT molecular complexity index is 303. The highest BCUT2D eigenvalue weighted by molar-refractivity contribution is 5.07. The minimum absolute atomic E-state index is 0.890. The summed E-state index contributed by atoms with van der Waals surface area (Å²) in [6.45, 7) is 7.22. The SMILES string of the molecule is CCc1ccc(CCCN2CCOCC2)o1. The van der Waals surface area contributed by atoms with Crippen LogP contribution in [0.15, 0.2) is 16.5 Å². The van der Waals surface area contributed by atoms with E-state index in [4.69, 9.17) is 9.15 Å². The Morgan fingerprint density at radius 1 is 1.19 bits per heavy atom. The molecule has 0 amide bonds.